The van der Waals surface area contributed by atoms with Gasteiger partial charge in [-0.1, -0.05) is 12.1 Å². The molecule has 0 bridgehead atoms. The number of rotatable bonds is 4. The van der Waals surface area contributed by atoms with E-state index in [0.717, 1.165) is 5.56 Å². The largest absolute Gasteiger partial charge is 0.361 e. The van der Waals surface area contributed by atoms with Crippen LogP contribution in [0.1, 0.15) is 31.0 Å². The van der Waals surface area contributed by atoms with Gasteiger partial charge in [0.25, 0.3) is 5.56 Å². The second-order valence-electron chi connectivity index (χ2n) is 4.75. The van der Waals surface area contributed by atoms with Gasteiger partial charge in [0.1, 0.15) is 0 Å². The molecular weight excluding hydrogens is 252 g/mol. The van der Waals surface area contributed by atoms with Crippen molar-refractivity contribution in [3.05, 3.63) is 58.1 Å². The van der Waals surface area contributed by atoms with Crippen molar-refractivity contribution in [3.8, 4) is 6.07 Å². The molecule has 2 aromatic rings. The number of anilines is 1. The second kappa shape index (κ2) is 6.02. The van der Waals surface area contributed by atoms with E-state index in [1.807, 2.05) is 26.0 Å². The number of nitrogens with one attached hydrogen (secondary N) is 1. The minimum Gasteiger partial charge on any atom is -0.361 e. The molecule has 102 valence electrons. The zero-order valence-corrected chi connectivity index (χ0v) is 11.5. The molecule has 0 atom stereocenters. The molecule has 0 radical (unpaired) electrons. The molecule has 0 spiro atoms. The molecule has 0 unspecified atom stereocenters. The molecule has 0 saturated carbocycles. The van der Waals surface area contributed by atoms with Gasteiger partial charge >= 0.3 is 0 Å². The molecule has 0 saturated heterocycles. The maximum atomic E-state index is 12.1. The first-order chi connectivity index (χ1) is 9.61. The SMILES string of the molecule is CC(C)n1ccnc(NCc2cccc(C#N)c2)c1=O. The van der Waals surface area contributed by atoms with Gasteiger partial charge in [-0.05, 0) is 31.5 Å². The number of aromatic nitrogens is 2. The molecule has 1 N–H and O–H groups in total. The maximum absolute atomic E-state index is 12.1. The fourth-order valence-corrected chi connectivity index (χ4v) is 1.89. The Morgan fingerprint density at radius 3 is 2.95 bits per heavy atom. The van der Waals surface area contributed by atoms with E-state index in [0.29, 0.717) is 17.9 Å². The van der Waals surface area contributed by atoms with Crippen molar-refractivity contribution in [1.82, 2.24) is 9.55 Å². The van der Waals surface area contributed by atoms with Crippen LogP contribution >= 0.6 is 0 Å². The molecule has 1 aromatic heterocycles. The van der Waals surface area contributed by atoms with Crippen molar-refractivity contribution in [2.24, 2.45) is 0 Å². The Hall–Kier alpha value is -2.61. The molecular formula is C15H16N4O. The molecule has 0 amide bonds. The predicted molar refractivity (Wildman–Crippen MR) is 77.4 cm³/mol. The van der Waals surface area contributed by atoms with Gasteiger partial charge in [0.15, 0.2) is 5.82 Å². The second-order valence-corrected chi connectivity index (χ2v) is 4.75. The van der Waals surface area contributed by atoms with Gasteiger partial charge in [-0.2, -0.15) is 5.26 Å². The third kappa shape index (κ3) is 3.04. The summed E-state index contributed by atoms with van der Waals surface area (Å²) >= 11 is 0. The summed E-state index contributed by atoms with van der Waals surface area (Å²) in [6, 6.07) is 9.44. The highest BCUT2D eigenvalue weighted by molar-refractivity contribution is 5.36. The van der Waals surface area contributed by atoms with Crippen LogP contribution in [-0.4, -0.2) is 9.55 Å². The molecule has 2 rings (SSSR count). The Bertz CT molecular complexity index is 698. The average Bonchev–Trinajstić information content (AvgIpc) is 2.46. The normalized spacial score (nSPS) is 10.3. The molecule has 0 fully saturated rings. The molecule has 1 aromatic carbocycles. The van der Waals surface area contributed by atoms with Crippen LogP contribution in [0.25, 0.3) is 0 Å². The smallest absolute Gasteiger partial charge is 0.293 e. The molecule has 5 nitrogen and oxygen atoms in total. The van der Waals surface area contributed by atoms with Crippen LogP contribution in [0.15, 0.2) is 41.5 Å². The van der Waals surface area contributed by atoms with Crippen LogP contribution in [0.4, 0.5) is 5.82 Å². The quantitative estimate of drug-likeness (QED) is 0.923. The zero-order valence-electron chi connectivity index (χ0n) is 11.5. The molecule has 20 heavy (non-hydrogen) atoms. The standard InChI is InChI=1S/C15H16N4O/c1-11(2)19-7-6-17-14(15(19)20)18-10-13-5-3-4-12(8-13)9-16/h3-8,11H,10H2,1-2H3,(H,17,18). The van der Waals surface area contributed by atoms with Gasteiger partial charge in [0.2, 0.25) is 0 Å². The van der Waals surface area contributed by atoms with E-state index in [1.54, 1.807) is 29.1 Å². The summed E-state index contributed by atoms with van der Waals surface area (Å²) in [5, 5.41) is 11.9. The van der Waals surface area contributed by atoms with Crippen LogP contribution in [0, 0.1) is 11.3 Å². The van der Waals surface area contributed by atoms with E-state index in [-0.39, 0.29) is 11.6 Å². The van der Waals surface area contributed by atoms with E-state index in [2.05, 4.69) is 16.4 Å². The van der Waals surface area contributed by atoms with Gasteiger partial charge in [-0.15, -0.1) is 0 Å². The van der Waals surface area contributed by atoms with Crippen molar-refractivity contribution in [2.75, 3.05) is 5.32 Å². The van der Waals surface area contributed by atoms with Gasteiger partial charge < -0.3 is 9.88 Å². The number of benzene rings is 1. The lowest BCUT2D eigenvalue weighted by atomic mass is 10.1. The Kier molecular flexibility index (Phi) is 4.16. The van der Waals surface area contributed by atoms with Crippen LogP contribution in [0.5, 0.6) is 0 Å². The highest BCUT2D eigenvalue weighted by Gasteiger charge is 2.06. The van der Waals surface area contributed by atoms with Gasteiger partial charge in [-0.25, -0.2) is 4.98 Å². The van der Waals surface area contributed by atoms with Crippen molar-refractivity contribution in [3.63, 3.8) is 0 Å². The summed E-state index contributed by atoms with van der Waals surface area (Å²) in [5.74, 6) is 0.323. The number of nitriles is 1. The Morgan fingerprint density at radius 1 is 1.45 bits per heavy atom. The average molecular weight is 268 g/mol. The van der Waals surface area contributed by atoms with Crippen LogP contribution in [-0.2, 0) is 6.54 Å². The first kappa shape index (κ1) is 13.8. The zero-order chi connectivity index (χ0) is 14.5. The molecule has 5 heteroatoms. The highest BCUT2D eigenvalue weighted by Crippen LogP contribution is 2.07. The fourth-order valence-electron chi connectivity index (χ4n) is 1.89. The van der Waals surface area contributed by atoms with Crippen molar-refractivity contribution >= 4 is 5.82 Å². The van der Waals surface area contributed by atoms with Crippen LogP contribution < -0.4 is 10.9 Å². The van der Waals surface area contributed by atoms with E-state index in [1.165, 1.54) is 0 Å². The lowest BCUT2D eigenvalue weighted by Crippen LogP contribution is -2.25. The first-order valence-corrected chi connectivity index (χ1v) is 6.42. The minimum atomic E-state index is -0.140. The van der Waals surface area contributed by atoms with Gasteiger partial charge in [0, 0.05) is 25.0 Å². The summed E-state index contributed by atoms with van der Waals surface area (Å²) < 4.78 is 1.63. The van der Waals surface area contributed by atoms with E-state index >= 15 is 0 Å². The lowest BCUT2D eigenvalue weighted by Gasteiger charge is -2.11. The first-order valence-electron chi connectivity index (χ1n) is 6.42. The van der Waals surface area contributed by atoms with Gasteiger partial charge in [-0.3, -0.25) is 4.79 Å². The summed E-state index contributed by atoms with van der Waals surface area (Å²) in [6.45, 7) is 4.35. The lowest BCUT2D eigenvalue weighted by molar-refractivity contribution is 0.575. The van der Waals surface area contributed by atoms with E-state index in [4.69, 9.17) is 5.26 Å². The van der Waals surface area contributed by atoms with Gasteiger partial charge in [0.05, 0.1) is 11.6 Å². The Labute approximate surface area is 117 Å². The summed E-state index contributed by atoms with van der Waals surface area (Å²) in [7, 11) is 0. The van der Waals surface area contributed by atoms with Crippen molar-refractivity contribution in [1.29, 1.82) is 5.26 Å². The third-order valence-electron chi connectivity index (χ3n) is 2.94. The molecule has 0 aliphatic rings. The minimum absolute atomic E-state index is 0.0907. The summed E-state index contributed by atoms with van der Waals surface area (Å²) in [5.41, 5.74) is 1.40. The van der Waals surface area contributed by atoms with E-state index < -0.39 is 0 Å². The summed E-state index contributed by atoms with van der Waals surface area (Å²) in [4.78, 5) is 16.2. The monoisotopic (exact) mass is 268 g/mol. The highest BCUT2D eigenvalue weighted by atomic mass is 16.1. The number of hydrogen-bond donors (Lipinski definition) is 1. The predicted octanol–water partition coefficient (Wildman–Crippen LogP) is 2.31. The van der Waals surface area contributed by atoms with Crippen LogP contribution in [0.2, 0.25) is 0 Å². The third-order valence-corrected chi connectivity index (χ3v) is 2.94. The molecule has 1 heterocycles. The molecule has 0 aliphatic carbocycles. The Balaban J connectivity index is 2.17. The summed E-state index contributed by atoms with van der Waals surface area (Å²) in [6.07, 6.45) is 3.28. The van der Waals surface area contributed by atoms with E-state index in [9.17, 15) is 4.79 Å². The Morgan fingerprint density at radius 2 is 2.25 bits per heavy atom. The fraction of sp³-hybridized carbons (Fsp3) is 0.267. The van der Waals surface area contributed by atoms with Crippen molar-refractivity contribution in [2.45, 2.75) is 26.4 Å². The molecule has 0 aliphatic heterocycles. The number of hydrogen-bond acceptors (Lipinski definition) is 4. The van der Waals surface area contributed by atoms with Crippen LogP contribution in [0.3, 0.4) is 0 Å². The maximum Gasteiger partial charge on any atom is 0.293 e. The topological polar surface area (TPSA) is 70.7 Å². The van der Waals surface area contributed by atoms with Crippen molar-refractivity contribution < 1.29 is 0 Å². The number of nitrogens with zero attached hydrogens (tertiary/aromatic N) is 3.